The van der Waals surface area contributed by atoms with Gasteiger partial charge in [0.25, 0.3) is 0 Å². The normalized spacial score (nSPS) is 16.4. The van der Waals surface area contributed by atoms with Gasteiger partial charge in [0.2, 0.25) is 5.91 Å². The third kappa shape index (κ3) is 2.83. The van der Waals surface area contributed by atoms with Crippen molar-refractivity contribution in [3.05, 3.63) is 34.9 Å². The molecular formula is C13H15N3O. The quantitative estimate of drug-likeness (QED) is 0.816. The van der Waals surface area contributed by atoms with E-state index in [1.165, 1.54) is 5.56 Å². The lowest BCUT2D eigenvalue weighted by atomic mass is 10.0. The minimum atomic E-state index is 0.0857. The Labute approximate surface area is 101 Å². The van der Waals surface area contributed by atoms with Gasteiger partial charge in [0, 0.05) is 19.6 Å². The van der Waals surface area contributed by atoms with Crippen LogP contribution >= 0.6 is 0 Å². The Kier molecular flexibility index (Phi) is 3.40. The third-order valence-electron chi connectivity index (χ3n) is 2.98. The molecule has 1 aromatic carbocycles. The highest BCUT2D eigenvalue weighted by atomic mass is 16.2. The Hall–Kier alpha value is -1.86. The second-order valence-corrected chi connectivity index (χ2v) is 4.31. The van der Waals surface area contributed by atoms with E-state index in [9.17, 15) is 4.79 Å². The van der Waals surface area contributed by atoms with Crippen molar-refractivity contribution in [3.63, 3.8) is 0 Å². The molecule has 4 heteroatoms. The first-order chi connectivity index (χ1) is 8.19. The number of aryl methyl sites for hydroxylation is 1. The highest BCUT2D eigenvalue weighted by molar-refractivity contribution is 5.78. The molecule has 1 aliphatic rings. The molecule has 17 heavy (non-hydrogen) atoms. The molecule has 1 saturated heterocycles. The lowest BCUT2D eigenvalue weighted by molar-refractivity contribution is -0.124. The fourth-order valence-electron chi connectivity index (χ4n) is 2.01. The SMILES string of the molecule is Cc1cc(C#N)ccc1CN1CCNC(=O)C1. The van der Waals surface area contributed by atoms with Crippen molar-refractivity contribution in [1.29, 1.82) is 5.26 Å². The summed E-state index contributed by atoms with van der Waals surface area (Å²) in [6.45, 7) is 4.82. The lowest BCUT2D eigenvalue weighted by Gasteiger charge is -2.27. The van der Waals surface area contributed by atoms with Crippen molar-refractivity contribution < 1.29 is 4.79 Å². The zero-order valence-electron chi connectivity index (χ0n) is 9.86. The van der Waals surface area contributed by atoms with Gasteiger partial charge in [-0.05, 0) is 30.2 Å². The standard InChI is InChI=1S/C13H15N3O/c1-10-6-11(7-14)2-3-12(10)8-16-5-4-15-13(17)9-16/h2-3,6H,4-5,8-9H2,1H3,(H,15,17). The number of amides is 1. The Morgan fingerprint density at radius 1 is 1.53 bits per heavy atom. The van der Waals surface area contributed by atoms with E-state index >= 15 is 0 Å². The average molecular weight is 229 g/mol. The van der Waals surface area contributed by atoms with E-state index in [0.717, 1.165) is 18.7 Å². The van der Waals surface area contributed by atoms with Crippen LogP contribution in [0.25, 0.3) is 0 Å². The van der Waals surface area contributed by atoms with Crippen LogP contribution in [0, 0.1) is 18.3 Å². The molecule has 0 spiro atoms. The molecule has 0 unspecified atom stereocenters. The predicted molar refractivity (Wildman–Crippen MR) is 64.2 cm³/mol. The number of rotatable bonds is 2. The van der Waals surface area contributed by atoms with Crippen molar-refractivity contribution in [2.24, 2.45) is 0 Å². The van der Waals surface area contributed by atoms with Gasteiger partial charge in [0.05, 0.1) is 18.2 Å². The number of hydrogen-bond donors (Lipinski definition) is 1. The number of hydrogen-bond acceptors (Lipinski definition) is 3. The maximum atomic E-state index is 11.3. The van der Waals surface area contributed by atoms with Crippen molar-refractivity contribution >= 4 is 5.91 Å². The fourth-order valence-corrected chi connectivity index (χ4v) is 2.01. The number of nitrogens with zero attached hydrogens (tertiary/aromatic N) is 2. The molecule has 2 rings (SSSR count). The summed E-state index contributed by atoms with van der Waals surface area (Å²) in [4.78, 5) is 13.4. The second kappa shape index (κ2) is 4.98. The van der Waals surface area contributed by atoms with E-state index in [-0.39, 0.29) is 5.91 Å². The van der Waals surface area contributed by atoms with Gasteiger partial charge in [-0.2, -0.15) is 5.26 Å². The van der Waals surface area contributed by atoms with Crippen molar-refractivity contribution in [2.45, 2.75) is 13.5 Å². The van der Waals surface area contributed by atoms with Crippen LogP contribution in [0.4, 0.5) is 0 Å². The van der Waals surface area contributed by atoms with Gasteiger partial charge < -0.3 is 5.32 Å². The van der Waals surface area contributed by atoms with Crippen molar-refractivity contribution in [3.8, 4) is 6.07 Å². The van der Waals surface area contributed by atoms with Crippen LogP contribution in [-0.4, -0.2) is 30.4 Å². The van der Waals surface area contributed by atoms with Gasteiger partial charge in [-0.15, -0.1) is 0 Å². The van der Waals surface area contributed by atoms with E-state index in [4.69, 9.17) is 5.26 Å². The Morgan fingerprint density at radius 3 is 3.00 bits per heavy atom. The summed E-state index contributed by atoms with van der Waals surface area (Å²) < 4.78 is 0. The molecule has 0 saturated carbocycles. The first kappa shape index (κ1) is 11.6. The molecule has 0 radical (unpaired) electrons. The summed E-state index contributed by atoms with van der Waals surface area (Å²) in [7, 11) is 0. The Morgan fingerprint density at radius 2 is 2.35 bits per heavy atom. The molecule has 88 valence electrons. The average Bonchev–Trinajstić information content (AvgIpc) is 2.32. The van der Waals surface area contributed by atoms with Crippen molar-refractivity contribution in [1.82, 2.24) is 10.2 Å². The van der Waals surface area contributed by atoms with Crippen LogP contribution < -0.4 is 5.32 Å². The molecule has 0 aliphatic carbocycles. The van der Waals surface area contributed by atoms with E-state index in [1.807, 2.05) is 25.1 Å². The van der Waals surface area contributed by atoms with E-state index < -0.39 is 0 Å². The number of benzene rings is 1. The van der Waals surface area contributed by atoms with E-state index in [2.05, 4.69) is 16.3 Å². The zero-order chi connectivity index (χ0) is 12.3. The summed E-state index contributed by atoms with van der Waals surface area (Å²) >= 11 is 0. The third-order valence-corrected chi connectivity index (χ3v) is 2.98. The molecule has 1 aliphatic heterocycles. The maximum absolute atomic E-state index is 11.3. The second-order valence-electron chi connectivity index (χ2n) is 4.31. The lowest BCUT2D eigenvalue weighted by Crippen LogP contribution is -2.47. The summed E-state index contributed by atoms with van der Waals surface area (Å²) in [5.41, 5.74) is 2.97. The van der Waals surface area contributed by atoms with Crippen LogP contribution in [-0.2, 0) is 11.3 Å². The highest BCUT2D eigenvalue weighted by Gasteiger charge is 2.16. The molecular weight excluding hydrogens is 214 g/mol. The highest BCUT2D eigenvalue weighted by Crippen LogP contribution is 2.13. The molecule has 1 fully saturated rings. The largest absolute Gasteiger partial charge is 0.354 e. The molecule has 0 bridgehead atoms. The predicted octanol–water partition coefficient (Wildman–Crippen LogP) is 0.798. The number of piperazine rings is 1. The Bertz CT molecular complexity index is 476. The van der Waals surface area contributed by atoms with Gasteiger partial charge in [-0.3, -0.25) is 9.69 Å². The number of carbonyl (C=O) groups is 1. The minimum absolute atomic E-state index is 0.0857. The first-order valence-electron chi connectivity index (χ1n) is 5.68. The van der Waals surface area contributed by atoms with Crippen molar-refractivity contribution in [2.75, 3.05) is 19.6 Å². The van der Waals surface area contributed by atoms with Crippen LogP contribution in [0.2, 0.25) is 0 Å². The van der Waals surface area contributed by atoms with Gasteiger partial charge in [0.15, 0.2) is 0 Å². The molecule has 1 heterocycles. The van der Waals surface area contributed by atoms with Crippen LogP contribution in [0.3, 0.4) is 0 Å². The molecule has 0 atom stereocenters. The van der Waals surface area contributed by atoms with Crippen LogP contribution in [0.5, 0.6) is 0 Å². The number of nitrogens with one attached hydrogen (secondary N) is 1. The summed E-state index contributed by atoms with van der Waals surface area (Å²) in [6, 6.07) is 7.81. The summed E-state index contributed by atoms with van der Waals surface area (Å²) in [6.07, 6.45) is 0. The van der Waals surface area contributed by atoms with Gasteiger partial charge in [-0.25, -0.2) is 0 Å². The minimum Gasteiger partial charge on any atom is -0.354 e. The monoisotopic (exact) mass is 229 g/mol. The number of nitriles is 1. The smallest absolute Gasteiger partial charge is 0.234 e. The van der Waals surface area contributed by atoms with E-state index in [1.54, 1.807) is 0 Å². The first-order valence-corrected chi connectivity index (χ1v) is 5.68. The molecule has 0 aromatic heterocycles. The fraction of sp³-hybridized carbons (Fsp3) is 0.385. The zero-order valence-corrected chi connectivity index (χ0v) is 9.86. The maximum Gasteiger partial charge on any atom is 0.234 e. The topological polar surface area (TPSA) is 56.1 Å². The van der Waals surface area contributed by atoms with Crippen LogP contribution in [0.1, 0.15) is 16.7 Å². The van der Waals surface area contributed by atoms with Crippen LogP contribution in [0.15, 0.2) is 18.2 Å². The van der Waals surface area contributed by atoms with Gasteiger partial charge in [-0.1, -0.05) is 6.07 Å². The molecule has 1 aromatic rings. The van der Waals surface area contributed by atoms with E-state index in [0.29, 0.717) is 18.7 Å². The molecule has 1 N–H and O–H groups in total. The van der Waals surface area contributed by atoms with Gasteiger partial charge in [0.1, 0.15) is 0 Å². The van der Waals surface area contributed by atoms with Gasteiger partial charge >= 0.3 is 0 Å². The molecule has 4 nitrogen and oxygen atoms in total. The Balaban J connectivity index is 2.08. The summed E-state index contributed by atoms with van der Waals surface area (Å²) in [5.74, 6) is 0.0857. The number of carbonyl (C=O) groups excluding carboxylic acids is 1. The molecule has 1 amide bonds. The summed E-state index contributed by atoms with van der Waals surface area (Å²) in [5, 5.41) is 11.6.